The van der Waals surface area contributed by atoms with Crippen molar-refractivity contribution in [3.05, 3.63) is 29.3 Å². The lowest BCUT2D eigenvalue weighted by molar-refractivity contribution is -0.143. The predicted octanol–water partition coefficient (Wildman–Crippen LogP) is 2.62. The molecular formula is C16H21NO3. The van der Waals surface area contributed by atoms with Gasteiger partial charge in [0, 0.05) is 6.04 Å². The lowest BCUT2D eigenvalue weighted by Gasteiger charge is -2.35. The van der Waals surface area contributed by atoms with Gasteiger partial charge in [-0.05, 0) is 61.9 Å². The molecule has 2 atom stereocenters. The van der Waals surface area contributed by atoms with E-state index < -0.39 is 5.97 Å². The van der Waals surface area contributed by atoms with Crippen molar-refractivity contribution < 1.29 is 14.6 Å². The molecule has 1 aliphatic heterocycles. The van der Waals surface area contributed by atoms with Crippen LogP contribution in [-0.2, 0) is 11.2 Å². The maximum atomic E-state index is 11.4. The van der Waals surface area contributed by atoms with Gasteiger partial charge in [-0.15, -0.1) is 0 Å². The lowest BCUT2D eigenvalue weighted by atomic mass is 9.86. The molecule has 4 nitrogen and oxygen atoms in total. The second-order valence-electron chi connectivity index (χ2n) is 5.71. The molecule has 2 unspecified atom stereocenters. The van der Waals surface area contributed by atoms with Crippen LogP contribution in [0.4, 0.5) is 0 Å². The first-order valence-corrected chi connectivity index (χ1v) is 7.36. The van der Waals surface area contributed by atoms with E-state index in [0.717, 1.165) is 44.4 Å². The van der Waals surface area contributed by atoms with Crippen LogP contribution in [0.25, 0.3) is 0 Å². The van der Waals surface area contributed by atoms with Gasteiger partial charge in [-0.3, -0.25) is 9.69 Å². The van der Waals surface area contributed by atoms with E-state index in [1.807, 2.05) is 6.07 Å². The van der Waals surface area contributed by atoms with E-state index in [2.05, 4.69) is 17.0 Å². The topological polar surface area (TPSA) is 49.8 Å². The number of rotatable bonds is 3. The summed E-state index contributed by atoms with van der Waals surface area (Å²) in [6.45, 7) is 0.896. The van der Waals surface area contributed by atoms with Crippen molar-refractivity contribution in [3.63, 3.8) is 0 Å². The summed E-state index contributed by atoms with van der Waals surface area (Å²) in [5.41, 5.74) is 2.61. The second kappa shape index (κ2) is 5.44. The fraction of sp³-hybridized carbons (Fsp3) is 0.562. The molecular weight excluding hydrogens is 254 g/mol. The molecule has 0 aromatic heterocycles. The number of carboxylic acids is 1. The van der Waals surface area contributed by atoms with Crippen LogP contribution in [0.2, 0.25) is 0 Å². The van der Waals surface area contributed by atoms with Crippen molar-refractivity contribution >= 4 is 5.97 Å². The van der Waals surface area contributed by atoms with E-state index in [1.54, 1.807) is 7.11 Å². The third-order valence-corrected chi connectivity index (χ3v) is 4.61. The van der Waals surface area contributed by atoms with E-state index in [4.69, 9.17) is 4.74 Å². The molecule has 0 radical (unpaired) electrons. The van der Waals surface area contributed by atoms with Crippen LogP contribution in [-0.4, -0.2) is 35.7 Å². The second-order valence-corrected chi connectivity index (χ2v) is 5.71. The molecule has 1 heterocycles. The summed E-state index contributed by atoms with van der Waals surface area (Å²) in [7, 11) is 1.68. The Hall–Kier alpha value is -1.55. The molecule has 0 saturated carbocycles. The van der Waals surface area contributed by atoms with Gasteiger partial charge in [-0.25, -0.2) is 0 Å². The summed E-state index contributed by atoms with van der Waals surface area (Å²) in [5, 5.41) is 9.38. The molecule has 1 aromatic carbocycles. The van der Waals surface area contributed by atoms with Crippen LogP contribution in [0.3, 0.4) is 0 Å². The average molecular weight is 275 g/mol. The Kier molecular flexibility index (Phi) is 3.66. The zero-order chi connectivity index (χ0) is 14.1. The van der Waals surface area contributed by atoms with Gasteiger partial charge in [-0.1, -0.05) is 6.07 Å². The van der Waals surface area contributed by atoms with Crippen LogP contribution < -0.4 is 4.74 Å². The Balaban J connectivity index is 1.91. The number of ether oxygens (including phenoxy) is 1. The van der Waals surface area contributed by atoms with Crippen molar-refractivity contribution in [1.82, 2.24) is 4.90 Å². The number of carboxylic acid groups (broad SMARTS) is 1. The highest BCUT2D eigenvalue weighted by Crippen LogP contribution is 2.39. The van der Waals surface area contributed by atoms with Crippen molar-refractivity contribution in [2.45, 2.75) is 44.2 Å². The molecule has 2 aliphatic rings. The van der Waals surface area contributed by atoms with Gasteiger partial charge in [-0.2, -0.15) is 0 Å². The summed E-state index contributed by atoms with van der Waals surface area (Å²) in [5.74, 6) is 0.212. The van der Waals surface area contributed by atoms with Gasteiger partial charge in [0.2, 0.25) is 0 Å². The smallest absolute Gasteiger partial charge is 0.320 e. The molecule has 1 saturated heterocycles. The molecule has 0 amide bonds. The van der Waals surface area contributed by atoms with Crippen molar-refractivity contribution in [3.8, 4) is 5.75 Å². The number of likely N-dealkylation sites (tertiary alicyclic amines) is 1. The highest BCUT2D eigenvalue weighted by atomic mass is 16.5. The number of nitrogens with zero attached hydrogens (tertiary/aromatic N) is 1. The highest BCUT2D eigenvalue weighted by Gasteiger charge is 2.37. The number of hydrogen-bond acceptors (Lipinski definition) is 3. The minimum Gasteiger partial charge on any atom is -0.497 e. The summed E-state index contributed by atoms with van der Waals surface area (Å²) in [4.78, 5) is 13.6. The number of methoxy groups -OCH3 is 1. The van der Waals surface area contributed by atoms with Gasteiger partial charge < -0.3 is 9.84 Å². The SMILES string of the molecule is COc1ccc2c(c1)CCCC2N1CCCC1C(=O)O. The van der Waals surface area contributed by atoms with Crippen molar-refractivity contribution in [1.29, 1.82) is 0 Å². The number of aliphatic carboxylic acids is 1. The van der Waals surface area contributed by atoms with Crippen LogP contribution >= 0.6 is 0 Å². The Labute approximate surface area is 119 Å². The molecule has 1 aromatic rings. The fourth-order valence-corrected chi connectivity index (χ4v) is 3.66. The zero-order valence-electron chi connectivity index (χ0n) is 11.8. The van der Waals surface area contributed by atoms with Crippen LogP contribution in [0.5, 0.6) is 5.75 Å². The maximum Gasteiger partial charge on any atom is 0.320 e. The zero-order valence-corrected chi connectivity index (χ0v) is 11.8. The molecule has 1 fully saturated rings. The van der Waals surface area contributed by atoms with E-state index >= 15 is 0 Å². The Morgan fingerprint density at radius 1 is 1.35 bits per heavy atom. The van der Waals surface area contributed by atoms with Gasteiger partial charge in [0.05, 0.1) is 7.11 Å². The number of carbonyl (C=O) groups is 1. The Bertz CT molecular complexity index is 514. The molecule has 20 heavy (non-hydrogen) atoms. The van der Waals surface area contributed by atoms with Gasteiger partial charge in [0.1, 0.15) is 11.8 Å². The van der Waals surface area contributed by atoms with E-state index in [0.29, 0.717) is 0 Å². The Morgan fingerprint density at radius 3 is 2.95 bits per heavy atom. The highest BCUT2D eigenvalue weighted by molar-refractivity contribution is 5.74. The van der Waals surface area contributed by atoms with Gasteiger partial charge >= 0.3 is 5.97 Å². The summed E-state index contributed by atoms with van der Waals surface area (Å²) in [6.07, 6.45) is 5.00. The fourth-order valence-electron chi connectivity index (χ4n) is 3.66. The lowest BCUT2D eigenvalue weighted by Crippen LogP contribution is -2.39. The first-order chi connectivity index (χ1) is 9.70. The van der Waals surface area contributed by atoms with Crippen molar-refractivity contribution in [2.24, 2.45) is 0 Å². The van der Waals surface area contributed by atoms with Crippen LogP contribution in [0.15, 0.2) is 18.2 Å². The van der Waals surface area contributed by atoms with E-state index in [1.165, 1.54) is 11.1 Å². The summed E-state index contributed by atoms with van der Waals surface area (Å²) >= 11 is 0. The van der Waals surface area contributed by atoms with E-state index in [-0.39, 0.29) is 12.1 Å². The van der Waals surface area contributed by atoms with Gasteiger partial charge in [0.15, 0.2) is 0 Å². The minimum atomic E-state index is -0.678. The van der Waals surface area contributed by atoms with Crippen LogP contribution in [0, 0.1) is 0 Å². The molecule has 1 N–H and O–H groups in total. The molecule has 0 spiro atoms. The monoisotopic (exact) mass is 275 g/mol. The number of hydrogen-bond donors (Lipinski definition) is 1. The van der Waals surface area contributed by atoms with Crippen LogP contribution in [0.1, 0.15) is 42.9 Å². The maximum absolute atomic E-state index is 11.4. The standard InChI is InChI=1S/C16H21NO3/c1-20-12-7-8-13-11(10-12)4-2-5-14(13)17-9-3-6-15(17)16(18)19/h7-8,10,14-15H,2-6,9H2,1H3,(H,18,19). The predicted molar refractivity (Wildman–Crippen MR) is 76.0 cm³/mol. The quantitative estimate of drug-likeness (QED) is 0.921. The summed E-state index contributed by atoms with van der Waals surface area (Å²) < 4.78 is 5.29. The Morgan fingerprint density at radius 2 is 2.20 bits per heavy atom. The molecule has 3 rings (SSSR count). The average Bonchev–Trinajstić information content (AvgIpc) is 2.95. The molecule has 0 bridgehead atoms. The largest absolute Gasteiger partial charge is 0.497 e. The van der Waals surface area contributed by atoms with Crippen molar-refractivity contribution in [2.75, 3.05) is 13.7 Å². The summed E-state index contributed by atoms with van der Waals surface area (Å²) in [6, 6.07) is 6.16. The normalized spacial score (nSPS) is 26.2. The first kappa shape index (κ1) is 13.4. The number of aryl methyl sites for hydroxylation is 1. The number of benzene rings is 1. The van der Waals surface area contributed by atoms with E-state index in [9.17, 15) is 9.90 Å². The third kappa shape index (κ3) is 2.29. The van der Waals surface area contributed by atoms with Gasteiger partial charge in [0.25, 0.3) is 0 Å². The molecule has 1 aliphatic carbocycles. The molecule has 4 heteroatoms. The molecule has 108 valence electrons. The first-order valence-electron chi connectivity index (χ1n) is 7.36. The number of fused-ring (bicyclic) bond motifs is 1. The minimum absolute atomic E-state index is 0.258. The third-order valence-electron chi connectivity index (χ3n) is 4.61.